The number of halogens is 9. The molecule has 1 saturated heterocycles. The molecule has 12 heteroatoms. The Labute approximate surface area is 225 Å². The SMILES string of the molecule is CC(C)(C)c1ccc2c(c1)C1(CCNCC1)C[N+]2(CCC(F)(F)F)C(=O)c1c(C(F)(F)F)cccc1C(F)(F)F. The Morgan fingerprint density at radius 1 is 0.875 bits per heavy atom. The van der Waals surface area contributed by atoms with Gasteiger partial charge in [0, 0.05) is 11.6 Å². The zero-order valence-corrected chi connectivity index (χ0v) is 22.2. The summed E-state index contributed by atoms with van der Waals surface area (Å²) in [7, 11) is 0. The van der Waals surface area contributed by atoms with E-state index >= 15 is 0 Å². The van der Waals surface area contributed by atoms with Crippen LogP contribution < -0.4 is 9.80 Å². The van der Waals surface area contributed by atoms with Crippen molar-refractivity contribution in [2.45, 2.75) is 69.4 Å². The van der Waals surface area contributed by atoms with Crippen LogP contribution in [0.5, 0.6) is 0 Å². The number of carbonyl (C=O) groups is 1. The number of alkyl halides is 9. The summed E-state index contributed by atoms with van der Waals surface area (Å²) in [5.74, 6) is -1.63. The monoisotopic (exact) mass is 581 g/mol. The number of quaternary nitrogens is 1. The molecule has 4 rings (SSSR count). The lowest BCUT2D eigenvalue weighted by Crippen LogP contribution is -2.58. The normalized spacial score (nSPS) is 21.5. The number of nitrogens with one attached hydrogen (secondary N) is 1. The highest BCUT2D eigenvalue weighted by Gasteiger charge is 2.60. The Morgan fingerprint density at radius 3 is 1.90 bits per heavy atom. The standard InChI is InChI=1S/C28H30F9N2O/c1-24(2,3)17-7-8-21-20(15-17)25(9-12-38-13-10-25)16-39(21,14-11-26(29,30)31)23(40)22-18(27(32,33)34)5-4-6-19(22)28(35,36)37/h4-8,15,38H,9-14,16H2,1-3H3/q+1. The van der Waals surface area contributed by atoms with Crippen LogP contribution in [-0.4, -0.2) is 38.3 Å². The number of hydrogen-bond donors (Lipinski definition) is 1. The maximum absolute atomic E-state index is 14.3. The van der Waals surface area contributed by atoms with E-state index in [1.54, 1.807) is 12.1 Å². The van der Waals surface area contributed by atoms with Gasteiger partial charge in [-0.3, -0.25) is 0 Å². The summed E-state index contributed by atoms with van der Waals surface area (Å²) in [6.07, 6.45) is -16.4. The van der Waals surface area contributed by atoms with Gasteiger partial charge in [-0.2, -0.15) is 39.5 Å². The number of carbonyl (C=O) groups excluding carboxylic acids is 1. The average molecular weight is 582 g/mol. The molecule has 0 bridgehead atoms. The topological polar surface area (TPSA) is 29.1 Å². The van der Waals surface area contributed by atoms with Gasteiger partial charge < -0.3 is 5.32 Å². The molecular weight excluding hydrogens is 551 g/mol. The summed E-state index contributed by atoms with van der Waals surface area (Å²) in [5.41, 5.74) is -5.30. The van der Waals surface area contributed by atoms with Crippen LogP contribution in [0.15, 0.2) is 36.4 Å². The molecule has 2 heterocycles. The van der Waals surface area contributed by atoms with Crippen molar-refractivity contribution in [2.75, 3.05) is 26.2 Å². The van der Waals surface area contributed by atoms with E-state index in [-0.39, 0.29) is 12.2 Å². The lowest BCUT2D eigenvalue weighted by atomic mass is 9.73. The van der Waals surface area contributed by atoms with Gasteiger partial charge >= 0.3 is 24.4 Å². The Bertz CT molecular complexity index is 1250. The summed E-state index contributed by atoms with van der Waals surface area (Å²) in [6.45, 7) is 5.19. The molecule has 0 aliphatic carbocycles. The third kappa shape index (κ3) is 5.48. The van der Waals surface area contributed by atoms with E-state index in [9.17, 15) is 44.3 Å². The van der Waals surface area contributed by atoms with Gasteiger partial charge in [0.05, 0.1) is 29.5 Å². The van der Waals surface area contributed by atoms with Crippen LogP contribution in [0.4, 0.5) is 45.2 Å². The second-order valence-electron chi connectivity index (χ2n) is 11.8. The summed E-state index contributed by atoms with van der Waals surface area (Å²) >= 11 is 0. The maximum atomic E-state index is 14.3. The molecule has 1 atom stereocenters. The second kappa shape index (κ2) is 9.75. The number of piperidine rings is 1. The highest BCUT2D eigenvalue weighted by atomic mass is 19.4. The van der Waals surface area contributed by atoms with Gasteiger partial charge in [0.15, 0.2) is 0 Å². The molecule has 3 nitrogen and oxygen atoms in total. The molecule has 0 aromatic heterocycles. The first-order valence-corrected chi connectivity index (χ1v) is 12.8. The zero-order chi connectivity index (χ0) is 29.9. The van der Waals surface area contributed by atoms with Crippen molar-refractivity contribution >= 4 is 11.6 Å². The smallest absolute Gasteiger partial charge is 0.317 e. The minimum absolute atomic E-state index is 0.0225. The highest BCUT2D eigenvalue weighted by Crippen LogP contribution is 2.53. The van der Waals surface area contributed by atoms with Crippen molar-refractivity contribution in [3.8, 4) is 0 Å². The number of nitrogens with zero attached hydrogens (tertiary/aromatic N) is 1. The third-order valence-electron chi connectivity index (χ3n) is 8.08. The molecule has 2 aliphatic rings. The van der Waals surface area contributed by atoms with Crippen molar-refractivity contribution in [2.24, 2.45) is 0 Å². The molecule has 2 aromatic carbocycles. The molecule has 1 unspecified atom stereocenters. The molecule has 1 N–H and O–H groups in total. The highest BCUT2D eigenvalue weighted by molar-refractivity contribution is 6.06. The Kier molecular flexibility index (Phi) is 7.40. The van der Waals surface area contributed by atoms with Crippen LogP contribution >= 0.6 is 0 Å². The van der Waals surface area contributed by atoms with Gasteiger partial charge in [0.1, 0.15) is 17.8 Å². The molecule has 1 amide bonds. The largest absolute Gasteiger partial charge is 0.417 e. The van der Waals surface area contributed by atoms with Gasteiger partial charge in [0.2, 0.25) is 0 Å². The van der Waals surface area contributed by atoms with E-state index in [1.807, 2.05) is 20.8 Å². The van der Waals surface area contributed by atoms with E-state index in [2.05, 4.69) is 5.32 Å². The molecule has 0 saturated carbocycles. The number of amides is 1. The second-order valence-corrected chi connectivity index (χ2v) is 11.8. The van der Waals surface area contributed by atoms with Crippen molar-refractivity contribution in [3.05, 3.63) is 64.2 Å². The van der Waals surface area contributed by atoms with Crippen molar-refractivity contribution in [3.63, 3.8) is 0 Å². The number of rotatable bonds is 3. The van der Waals surface area contributed by atoms with Crippen molar-refractivity contribution in [1.29, 1.82) is 0 Å². The molecule has 220 valence electrons. The Balaban J connectivity index is 2.06. The summed E-state index contributed by atoms with van der Waals surface area (Å²) < 4.78 is 124. The third-order valence-corrected chi connectivity index (χ3v) is 8.08. The lowest BCUT2D eigenvalue weighted by Gasteiger charge is -2.38. The first-order valence-electron chi connectivity index (χ1n) is 12.8. The lowest BCUT2D eigenvalue weighted by molar-refractivity contribution is -0.144. The van der Waals surface area contributed by atoms with Gasteiger partial charge in [-0.05, 0) is 55.1 Å². The van der Waals surface area contributed by atoms with E-state index in [0.717, 1.165) is 5.56 Å². The van der Waals surface area contributed by atoms with Crippen LogP contribution in [0.2, 0.25) is 0 Å². The van der Waals surface area contributed by atoms with Crippen LogP contribution in [0.1, 0.15) is 72.6 Å². The van der Waals surface area contributed by atoms with Gasteiger partial charge in [-0.25, -0.2) is 9.28 Å². The fraction of sp³-hybridized carbons (Fsp3) is 0.536. The van der Waals surface area contributed by atoms with E-state index in [0.29, 0.717) is 49.7 Å². The predicted molar refractivity (Wildman–Crippen MR) is 132 cm³/mol. The van der Waals surface area contributed by atoms with Gasteiger partial charge in [0.25, 0.3) is 0 Å². The quantitative estimate of drug-likeness (QED) is 0.297. The predicted octanol–water partition coefficient (Wildman–Crippen LogP) is 7.76. The summed E-state index contributed by atoms with van der Waals surface area (Å²) in [6, 6.07) is 6.05. The fourth-order valence-electron chi connectivity index (χ4n) is 6.09. The number of hydrogen-bond acceptors (Lipinski definition) is 2. The maximum Gasteiger partial charge on any atom is 0.417 e. The van der Waals surface area contributed by atoms with Crippen LogP contribution in [0, 0.1) is 0 Å². The Hall–Kier alpha value is -2.60. The molecule has 0 radical (unpaired) electrons. The zero-order valence-electron chi connectivity index (χ0n) is 22.2. The Morgan fingerprint density at radius 2 is 1.43 bits per heavy atom. The van der Waals surface area contributed by atoms with E-state index in [1.165, 1.54) is 6.07 Å². The van der Waals surface area contributed by atoms with Crippen molar-refractivity contribution in [1.82, 2.24) is 9.80 Å². The molecule has 40 heavy (non-hydrogen) atoms. The summed E-state index contributed by atoms with van der Waals surface area (Å²) in [4.78, 5) is 14.3. The number of benzene rings is 2. The average Bonchev–Trinajstić information content (AvgIpc) is 3.10. The molecular formula is C28H30F9N2O+. The summed E-state index contributed by atoms with van der Waals surface area (Å²) in [5, 5.41) is 3.14. The van der Waals surface area contributed by atoms with Crippen LogP contribution in [0.3, 0.4) is 0 Å². The van der Waals surface area contributed by atoms with E-state index < -0.39 is 69.4 Å². The molecule has 2 aliphatic heterocycles. The van der Waals surface area contributed by atoms with Crippen LogP contribution in [-0.2, 0) is 23.2 Å². The van der Waals surface area contributed by atoms with Gasteiger partial charge in [-0.1, -0.05) is 32.9 Å². The fourth-order valence-corrected chi connectivity index (χ4v) is 6.09. The van der Waals surface area contributed by atoms with Crippen molar-refractivity contribution < 1.29 is 44.3 Å². The first-order chi connectivity index (χ1) is 18.2. The minimum Gasteiger partial charge on any atom is -0.317 e. The first kappa shape index (κ1) is 30.4. The van der Waals surface area contributed by atoms with E-state index in [4.69, 9.17) is 0 Å². The minimum atomic E-state index is -5.36. The van der Waals surface area contributed by atoms with Crippen LogP contribution in [0.25, 0.3) is 0 Å². The molecule has 1 spiro atoms. The number of fused-ring (bicyclic) bond motifs is 2. The molecule has 1 fully saturated rings. The molecule has 2 aromatic rings. The van der Waals surface area contributed by atoms with Gasteiger partial charge in [-0.15, -0.1) is 0 Å².